The molecule has 1 aliphatic carbocycles. The summed E-state index contributed by atoms with van der Waals surface area (Å²) in [5, 5.41) is 3.96. The molecule has 0 spiro atoms. The highest BCUT2D eigenvalue weighted by molar-refractivity contribution is 6.20. The van der Waals surface area contributed by atoms with Gasteiger partial charge in [0.15, 0.2) is 0 Å². The minimum absolute atomic E-state index is 0.297. The fourth-order valence-corrected chi connectivity index (χ4v) is 2.49. The summed E-state index contributed by atoms with van der Waals surface area (Å²) in [6.45, 7) is 4.31. The second-order valence-electron chi connectivity index (χ2n) is 4.42. The van der Waals surface area contributed by atoms with E-state index in [-0.39, 0.29) is 0 Å². The molecule has 0 radical (unpaired) electrons. The normalized spacial score (nSPS) is 24.2. The van der Waals surface area contributed by atoms with Gasteiger partial charge in [0.25, 0.3) is 0 Å². The Hall–Kier alpha value is 0.250. The molecule has 1 N–H and O–H groups in total. The molecule has 0 heterocycles. The Bertz CT molecular complexity index is 130. The molecule has 0 bridgehead atoms. The van der Waals surface area contributed by atoms with Gasteiger partial charge in [-0.05, 0) is 33.1 Å². The van der Waals surface area contributed by atoms with Gasteiger partial charge in [-0.15, -0.1) is 11.6 Å². The molecule has 0 aromatic carbocycles. The first kappa shape index (κ1) is 11.3. The van der Waals surface area contributed by atoms with Gasteiger partial charge >= 0.3 is 0 Å². The van der Waals surface area contributed by atoms with Crippen LogP contribution in [-0.4, -0.2) is 17.5 Å². The lowest BCUT2D eigenvalue weighted by Gasteiger charge is -2.27. The Balaban J connectivity index is 2.14. The minimum atomic E-state index is 0.297. The van der Waals surface area contributed by atoms with Crippen molar-refractivity contribution in [2.24, 2.45) is 0 Å². The van der Waals surface area contributed by atoms with Crippen LogP contribution in [0, 0.1) is 0 Å². The van der Waals surface area contributed by atoms with Gasteiger partial charge in [-0.1, -0.05) is 19.3 Å². The Kier molecular flexibility index (Phi) is 5.12. The second-order valence-corrected chi connectivity index (χ2v) is 5.16. The van der Waals surface area contributed by atoms with Crippen molar-refractivity contribution in [1.82, 2.24) is 5.32 Å². The van der Waals surface area contributed by atoms with E-state index in [2.05, 4.69) is 19.2 Å². The highest BCUT2D eigenvalue weighted by Crippen LogP contribution is 2.18. The van der Waals surface area contributed by atoms with Crippen LogP contribution in [-0.2, 0) is 0 Å². The fraction of sp³-hybridized carbons (Fsp3) is 1.00. The van der Waals surface area contributed by atoms with E-state index >= 15 is 0 Å². The SMILES string of the molecule is CC(Cl)CC(C)NC1CCCCC1. The van der Waals surface area contributed by atoms with Crippen molar-refractivity contribution in [1.29, 1.82) is 0 Å². The Morgan fingerprint density at radius 3 is 2.38 bits per heavy atom. The summed E-state index contributed by atoms with van der Waals surface area (Å²) in [4.78, 5) is 0. The molecule has 1 rings (SSSR count). The van der Waals surface area contributed by atoms with E-state index in [4.69, 9.17) is 11.6 Å². The summed E-state index contributed by atoms with van der Waals surface area (Å²) in [5.41, 5.74) is 0. The average Bonchev–Trinajstić information content (AvgIpc) is 2.04. The van der Waals surface area contributed by atoms with E-state index in [0.29, 0.717) is 11.4 Å². The van der Waals surface area contributed by atoms with Gasteiger partial charge in [0.1, 0.15) is 0 Å². The van der Waals surface area contributed by atoms with Gasteiger partial charge in [-0.25, -0.2) is 0 Å². The zero-order valence-electron chi connectivity index (χ0n) is 8.85. The van der Waals surface area contributed by atoms with E-state index in [9.17, 15) is 0 Å². The molecule has 0 aromatic rings. The van der Waals surface area contributed by atoms with Crippen LogP contribution in [0.5, 0.6) is 0 Å². The summed E-state index contributed by atoms with van der Waals surface area (Å²) in [6, 6.07) is 1.34. The fourth-order valence-electron chi connectivity index (χ4n) is 2.23. The highest BCUT2D eigenvalue weighted by Gasteiger charge is 2.15. The Labute approximate surface area is 87.2 Å². The van der Waals surface area contributed by atoms with Gasteiger partial charge in [0.05, 0.1) is 0 Å². The Morgan fingerprint density at radius 2 is 1.85 bits per heavy atom. The lowest BCUT2D eigenvalue weighted by molar-refractivity contribution is 0.336. The van der Waals surface area contributed by atoms with Crippen LogP contribution in [0.15, 0.2) is 0 Å². The lowest BCUT2D eigenvalue weighted by Crippen LogP contribution is -2.38. The summed E-state index contributed by atoms with van der Waals surface area (Å²) < 4.78 is 0. The lowest BCUT2D eigenvalue weighted by atomic mass is 9.94. The summed E-state index contributed by atoms with van der Waals surface area (Å²) >= 11 is 5.95. The molecular weight excluding hydrogens is 182 g/mol. The number of halogens is 1. The molecule has 1 saturated carbocycles. The first-order chi connectivity index (χ1) is 6.18. The first-order valence-electron chi connectivity index (χ1n) is 5.58. The van der Waals surface area contributed by atoms with Crippen molar-refractivity contribution in [2.75, 3.05) is 0 Å². The largest absolute Gasteiger partial charge is 0.311 e. The molecule has 0 amide bonds. The van der Waals surface area contributed by atoms with Crippen LogP contribution in [0.4, 0.5) is 0 Å². The number of alkyl halides is 1. The molecule has 0 saturated heterocycles. The van der Waals surface area contributed by atoms with Crippen molar-refractivity contribution in [3.8, 4) is 0 Å². The van der Waals surface area contributed by atoms with Gasteiger partial charge in [-0.3, -0.25) is 0 Å². The number of rotatable bonds is 4. The maximum atomic E-state index is 5.95. The number of hydrogen-bond acceptors (Lipinski definition) is 1. The average molecular weight is 204 g/mol. The quantitative estimate of drug-likeness (QED) is 0.692. The maximum Gasteiger partial charge on any atom is 0.0322 e. The van der Waals surface area contributed by atoms with E-state index in [1.165, 1.54) is 32.1 Å². The van der Waals surface area contributed by atoms with Crippen molar-refractivity contribution in [3.63, 3.8) is 0 Å². The molecule has 78 valence electrons. The van der Waals surface area contributed by atoms with Crippen molar-refractivity contribution in [2.45, 2.75) is 69.8 Å². The maximum absolute atomic E-state index is 5.95. The summed E-state index contributed by atoms with van der Waals surface area (Å²) in [6.07, 6.45) is 8.04. The molecule has 1 fully saturated rings. The predicted molar refractivity (Wildman–Crippen MR) is 59.4 cm³/mol. The predicted octanol–water partition coefficient (Wildman–Crippen LogP) is 3.31. The molecule has 0 aromatic heterocycles. The molecule has 1 aliphatic rings. The van der Waals surface area contributed by atoms with Crippen molar-refractivity contribution < 1.29 is 0 Å². The van der Waals surface area contributed by atoms with Crippen LogP contribution in [0.2, 0.25) is 0 Å². The molecule has 13 heavy (non-hydrogen) atoms. The van der Waals surface area contributed by atoms with E-state index in [0.717, 1.165) is 12.5 Å². The van der Waals surface area contributed by atoms with Gasteiger partial charge < -0.3 is 5.32 Å². The minimum Gasteiger partial charge on any atom is -0.311 e. The molecule has 0 aliphatic heterocycles. The molecule has 2 heteroatoms. The topological polar surface area (TPSA) is 12.0 Å². The third-order valence-electron chi connectivity index (χ3n) is 2.80. The molecule has 2 unspecified atom stereocenters. The van der Waals surface area contributed by atoms with Crippen LogP contribution in [0.3, 0.4) is 0 Å². The van der Waals surface area contributed by atoms with Gasteiger partial charge in [0, 0.05) is 17.5 Å². The van der Waals surface area contributed by atoms with Gasteiger partial charge in [0.2, 0.25) is 0 Å². The third kappa shape index (κ3) is 4.87. The second kappa shape index (κ2) is 5.87. The van der Waals surface area contributed by atoms with Crippen LogP contribution in [0.25, 0.3) is 0 Å². The zero-order chi connectivity index (χ0) is 9.68. The zero-order valence-corrected chi connectivity index (χ0v) is 9.61. The Morgan fingerprint density at radius 1 is 1.23 bits per heavy atom. The first-order valence-corrected chi connectivity index (χ1v) is 6.02. The van der Waals surface area contributed by atoms with Crippen molar-refractivity contribution >= 4 is 11.6 Å². The summed E-state index contributed by atoms with van der Waals surface area (Å²) in [5.74, 6) is 0. The molecule has 1 nitrogen and oxygen atoms in total. The monoisotopic (exact) mass is 203 g/mol. The number of hydrogen-bond donors (Lipinski definition) is 1. The summed E-state index contributed by atoms with van der Waals surface area (Å²) in [7, 11) is 0. The van der Waals surface area contributed by atoms with E-state index in [1.807, 2.05) is 0 Å². The molecule has 2 atom stereocenters. The number of nitrogens with one attached hydrogen (secondary N) is 1. The van der Waals surface area contributed by atoms with Gasteiger partial charge in [-0.2, -0.15) is 0 Å². The third-order valence-corrected chi connectivity index (χ3v) is 2.98. The molecular formula is C11H22ClN. The highest BCUT2D eigenvalue weighted by atomic mass is 35.5. The van der Waals surface area contributed by atoms with Crippen LogP contribution >= 0.6 is 11.6 Å². The smallest absolute Gasteiger partial charge is 0.0322 e. The van der Waals surface area contributed by atoms with Crippen LogP contribution < -0.4 is 5.32 Å². The standard InChI is InChI=1S/C11H22ClN/c1-9(12)8-10(2)13-11-6-4-3-5-7-11/h9-11,13H,3-8H2,1-2H3. The van der Waals surface area contributed by atoms with Crippen LogP contribution in [0.1, 0.15) is 52.4 Å². The van der Waals surface area contributed by atoms with E-state index in [1.54, 1.807) is 0 Å². The van der Waals surface area contributed by atoms with E-state index < -0.39 is 0 Å². The van der Waals surface area contributed by atoms with Crippen molar-refractivity contribution in [3.05, 3.63) is 0 Å².